The minimum absolute atomic E-state index is 0.0654. The summed E-state index contributed by atoms with van der Waals surface area (Å²) in [4.78, 5) is 11.9. The highest BCUT2D eigenvalue weighted by Gasteiger charge is 2.13. The SMILES string of the molecule is CCc1noc(NC(=O)COc2ccc(C)c(C)c2)c1C. The third kappa shape index (κ3) is 3.62. The molecule has 5 heteroatoms. The number of amides is 1. The van der Waals surface area contributed by atoms with Gasteiger partial charge >= 0.3 is 0 Å². The Morgan fingerprint density at radius 1 is 1.29 bits per heavy atom. The number of benzene rings is 1. The summed E-state index contributed by atoms with van der Waals surface area (Å²) in [5, 5.41) is 6.56. The van der Waals surface area contributed by atoms with E-state index in [9.17, 15) is 4.79 Å². The topological polar surface area (TPSA) is 64.4 Å². The number of carbonyl (C=O) groups is 1. The second-order valence-corrected chi connectivity index (χ2v) is 5.02. The molecule has 0 spiro atoms. The van der Waals surface area contributed by atoms with E-state index in [4.69, 9.17) is 9.26 Å². The first kappa shape index (κ1) is 15.1. The number of aromatic nitrogens is 1. The van der Waals surface area contributed by atoms with Gasteiger partial charge in [0, 0.05) is 5.56 Å². The van der Waals surface area contributed by atoms with Crippen LogP contribution in [0.3, 0.4) is 0 Å². The third-order valence-corrected chi connectivity index (χ3v) is 3.46. The van der Waals surface area contributed by atoms with Crippen LogP contribution < -0.4 is 10.1 Å². The lowest BCUT2D eigenvalue weighted by Gasteiger charge is -2.08. The Bertz CT molecular complexity index is 647. The molecule has 0 aliphatic heterocycles. The summed E-state index contributed by atoms with van der Waals surface area (Å²) in [5.74, 6) is 0.799. The smallest absolute Gasteiger partial charge is 0.264 e. The van der Waals surface area contributed by atoms with E-state index < -0.39 is 0 Å². The van der Waals surface area contributed by atoms with Crippen LogP contribution in [0.5, 0.6) is 5.75 Å². The second kappa shape index (κ2) is 6.43. The van der Waals surface area contributed by atoms with Crippen molar-refractivity contribution < 1.29 is 14.1 Å². The fraction of sp³-hybridized carbons (Fsp3) is 0.375. The van der Waals surface area contributed by atoms with Gasteiger partial charge in [0.25, 0.3) is 5.91 Å². The average Bonchev–Trinajstić information content (AvgIpc) is 2.81. The molecule has 112 valence electrons. The molecule has 2 rings (SSSR count). The van der Waals surface area contributed by atoms with Gasteiger partial charge in [-0.05, 0) is 50.5 Å². The molecule has 1 aromatic heterocycles. The van der Waals surface area contributed by atoms with Crippen molar-refractivity contribution >= 4 is 11.8 Å². The van der Waals surface area contributed by atoms with Crippen molar-refractivity contribution in [2.75, 3.05) is 11.9 Å². The molecule has 0 unspecified atom stereocenters. The number of rotatable bonds is 5. The number of ether oxygens (including phenoxy) is 1. The molecule has 0 saturated heterocycles. The van der Waals surface area contributed by atoms with Crippen LogP contribution in [0.1, 0.15) is 29.3 Å². The van der Waals surface area contributed by atoms with E-state index in [1.165, 1.54) is 5.56 Å². The predicted molar refractivity (Wildman–Crippen MR) is 80.7 cm³/mol. The zero-order chi connectivity index (χ0) is 15.4. The zero-order valence-corrected chi connectivity index (χ0v) is 12.8. The molecule has 0 radical (unpaired) electrons. The molecule has 1 N–H and O–H groups in total. The summed E-state index contributed by atoms with van der Waals surface area (Å²) in [6.07, 6.45) is 0.768. The first-order valence-corrected chi connectivity index (χ1v) is 6.96. The summed E-state index contributed by atoms with van der Waals surface area (Å²) in [6, 6.07) is 5.73. The van der Waals surface area contributed by atoms with Gasteiger partial charge < -0.3 is 9.26 Å². The summed E-state index contributed by atoms with van der Waals surface area (Å²) in [6.45, 7) is 7.83. The van der Waals surface area contributed by atoms with Crippen molar-refractivity contribution in [2.24, 2.45) is 0 Å². The molecule has 0 atom stereocenters. The van der Waals surface area contributed by atoms with Crippen LogP contribution in [0.15, 0.2) is 22.7 Å². The summed E-state index contributed by atoms with van der Waals surface area (Å²) in [7, 11) is 0. The maximum atomic E-state index is 11.9. The molecule has 0 aliphatic carbocycles. The van der Waals surface area contributed by atoms with Gasteiger partial charge in [-0.25, -0.2) is 0 Å². The molecule has 1 aromatic carbocycles. The van der Waals surface area contributed by atoms with Crippen molar-refractivity contribution in [1.29, 1.82) is 0 Å². The van der Waals surface area contributed by atoms with Gasteiger partial charge in [-0.2, -0.15) is 0 Å². The normalized spacial score (nSPS) is 10.5. The molecule has 0 saturated carbocycles. The van der Waals surface area contributed by atoms with E-state index >= 15 is 0 Å². The molecule has 2 aromatic rings. The maximum absolute atomic E-state index is 11.9. The molecule has 0 fully saturated rings. The minimum atomic E-state index is -0.268. The Kier molecular flexibility index (Phi) is 4.62. The van der Waals surface area contributed by atoms with Gasteiger partial charge in [0.2, 0.25) is 5.88 Å². The summed E-state index contributed by atoms with van der Waals surface area (Å²) >= 11 is 0. The molecule has 0 aliphatic rings. The van der Waals surface area contributed by atoms with E-state index in [-0.39, 0.29) is 12.5 Å². The maximum Gasteiger partial charge on any atom is 0.264 e. The molecule has 1 amide bonds. The van der Waals surface area contributed by atoms with Gasteiger partial charge in [0.1, 0.15) is 5.75 Å². The molecular formula is C16H20N2O3. The van der Waals surface area contributed by atoms with Crippen molar-refractivity contribution in [3.05, 3.63) is 40.6 Å². The molecule has 1 heterocycles. The van der Waals surface area contributed by atoms with Crippen LogP contribution >= 0.6 is 0 Å². The number of aryl methyl sites for hydroxylation is 3. The number of anilines is 1. The zero-order valence-electron chi connectivity index (χ0n) is 12.8. The largest absolute Gasteiger partial charge is 0.484 e. The third-order valence-electron chi connectivity index (χ3n) is 3.46. The van der Waals surface area contributed by atoms with E-state index in [2.05, 4.69) is 10.5 Å². The van der Waals surface area contributed by atoms with Crippen LogP contribution in [-0.2, 0) is 11.2 Å². The Hall–Kier alpha value is -2.30. The first-order valence-electron chi connectivity index (χ1n) is 6.96. The number of nitrogens with one attached hydrogen (secondary N) is 1. The van der Waals surface area contributed by atoms with E-state index in [0.717, 1.165) is 23.2 Å². The fourth-order valence-electron chi connectivity index (χ4n) is 1.93. The van der Waals surface area contributed by atoms with Crippen LogP contribution in [0.2, 0.25) is 0 Å². The number of carbonyl (C=O) groups excluding carboxylic acids is 1. The lowest BCUT2D eigenvalue weighted by molar-refractivity contribution is -0.118. The van der Waals surface area contributed by atoms with Crippen molar-refractivity contribution in [2.45, 2.75) is 34.1 Å². The Morgan fingerprint density at radius 3 is 2.67 bits per heavy atom. The van der Waals surface area contributed by atoms with Gasteiger partial charge in [-0.15, -0.1) is 0 Å². The fourth-order valence-corrected chi connectivity index (χ4v) is 1.93. The summed E-state index contributed by atoms with van der Waals surface area (Å²) in [5.41, 5.74) is 4.03. The molecule has 21 heavy (non-hydrogen) atoms. The average molecular weight is 288 g/mol. The Morgan fingerprint density at radius 2 is 2.05 bits per heavy atom. The lowest BCUT2D eigenvalue weighted by atomic mass is 10.1. The standard InChI is InChI=1S/C16H20N2O3/c1-5-14-12(4)16(21-18-14)17-15(19)9-20-13-7-6-10(2)11(3)8-13/h6-8H,5,9H2,1-4H3,(H,17,19). The molecular weight excluding hydrogens is 268 g/mol. The van der Waals surface area contributed by atoms with Gasteiger partial charge in [0.05, 0.1) is 5.69 Å². The predicted octanol–water partition coefficient (Wildman–Crippen LogP) is 3.18. The highest BCUT2D eigenvalue weighted by molar-refractivity contribution is 5.91. The van der Waals surface area contributed by atoms with Crippen LogP contribution in [0, 0.1) is 20.8 Å². The van der Waals surface area contributed by atoms with Gasteiger partial charge in [-0.3, -0.25) is 10.1 Å². The van der Waals surface area contributed by atoms with Crippen molar-refractivity contribution in [1.82, 2.24) is 5.16 Å². The Balaban J connectivity index is 1.92. The minimum Gasteiger partial charge on any atom is -0.484 e. The first-order chi connectivity index (χ1) is 10.0. The van der Waals surface area contributed by atoms with Crippen molar-refractivity contribution in [3.8, 4) is 5.75 Å². The van der Waals surface area contributed by atoms with Crippen LogP contribution in [0.4, 0.5) is 5.88 Å². The van der Waals surface area contributed by atoms with Crippen LogP contribution in [0.25, 0.3) is 0 Å². The highest BCUT2D eigenvalue weighted by Crippen LogP contribution is 2.19. The van der Waals surface area contributed by atoms with Gasteiger partial charge in [-0.1, -0.05) is 18.1 Å². The lowest BCUT2D eigenvalue weighted by Crippen LogP contribution is -2.20. The van der Waals surface area contributed by atoms with Gasteiger partial charge in [0.15, 0.2) is 6.61 Å². The molecule has 5 nitrogen and oxygen atoms in total. The molecule has 0 bridgehead atoms. The quantitative estimate of drug-likeness (QED) is 0.917. The summed E-state index contributed by atoms with van der Waals surface area (Å²) < 4.78 is 10.6. The van der Waals surface area contributed by atoms with E-state index in [1.807, 2.05) is 45.9 Å². The number of hydrogen-bond donors (Lipinski definition) is 1. The van der Waals surface area contributed by atoms with E-state index in [1.54, 1.807) is 0 Å². The number of nitrogens with zero attached hydrogens (tertiary/aromatic N) is 1. The highest BCUT2D eigenvalue weighted by atomic mass is 16.5. The number of hydrogen-bond acceptors (Lipinski definition) is 4. The van der Waals surface area contributed by atoms with E-state index in [0.29, 0.717) is 11.6 Å². The van der Waals surface area contributed by atoms with Crippen molar-refractivity contribution in [3.63, 3.8) is 0 Å². The second-order valence-electron chi connectivity index (χ2n) is 5.02. The monoisotopic (exact) mass is 288 g/mol. The van der Waals surface area contributed by atoms with Crippen LogP contribution in [-0.4, -0.2) is 17.7 Å². The Labute approximate surface area is 124 Å².